The number of hydrogen-bond donors (Lipinski definition) is 2. The number of rotatable bonds is 3. The van der Waals surface area contributed by atoms with Gasteiger partial charge in [0.05, 0.1) is 5.54 Å². The summed E-state index contributed by atoms with van der Waals surface area (Å²) >= 11 is 0. The predicted octanol–water partition coefficient (Wildman–Crippen LogP) is 1.18. The second-order valence-corrected chi connectivity index (χ2v) is 6.12. The summed E-state index contributed by atoms with van der Waals surface area (Å²) in [4.78, 5) is 25.3. The van der Waals surface area contributed by atoms with Crippen molar-refractivity contribution < 1.29 is 9.59 Å². The first-order valence-corrected chi connectivity index (χ1v) is 7.38. The number of halogens is 1. The van der Waals surface area contributed by atoms with Gasteiger partial charge < -0.3 is 16.4 Å². The smallest absolute Gasteiger partial charge is 0.242 e. The molecule has 0 unspecified atom stereocenters. The number of carbonyl (C=O) groups excluding carboxylic acids is 2. The van der Waals surface area contributed by atoms with Crippen molar-refractivity contribution in [3.8, 4) is 0 Å². The number of piperidine rings is 1. The number of amides is 2. The van der Waals surface area contributed by atoms with Crippen molar-refractivity contribution >= 4 is 24.2 Å². The topological polar surface area (TPSA) is 89.4 Å². The van der Waals surface area contributed by atoms with Gasteiger partial charge in [0.25, 0.3) is 0 Å². The minimum Gasteiger partial charge on any atom is -0.370 e. The van der Waals surface area contributed by atoms with Crippen LogP contribution in [0, 0.1) is 5.92 Å². The third-order valence-corrected chi connectivity index (χ3v) is 4.56. The van der Waals surface area contributed by atoms with Gasteiger partial charge in [-0.05, 0) is 31.6 Å². The first kappa shape index (κ1) is 17.2. The van der Waals surface area contributed by atoms with Gasteiger partial charge in [-0.1, -0.05) is 19.3 Å². The van der Waals surface area contributed by atoms with Crippen LogP contribution in [-0.4, -0.2) is 35.3 Å². The van der Waals surface area contributed by atoms with Crippen molar-refractivity contribution in [2.45, 2.75) is 56.9 Å². The van der Waals surface area contributed by atoms with E-state index in [9.17, 15) is 9.59 Å². The first-order chi connectivity index (χ1) is 9.01. The molecule has 0 spiro atoms. The number of likely N-dealkylation sites (tertiary alicyclic amines) is 1. The highest BCUT2D eigenvalue weighted by molar-refractivity contribution is 5.86. The standard InChI is InChI=1S/C14H25N3O2.ClH/c15-12(18)10-11-4-8-17(9-5-11)13(19)14(16)6-2-1-3-7-14;/h11H,1-10,16H2,(H2,15,18);1H. The summed E-state index contributed by atoms with van der Waals surface area (Å²) in [5.74, 6) is 0.207. The summed E-state index contributed by atoms with van der Waals surface area (Å²) < 4.78 is 0. The van der Waals surface area contributed by atoms with E-state index < -0.39 is 5.54 Å². The van der Waals surface area contributed by atoms with Crippen LogP contribution in [0.3, 0.4) is 0 Å². The molecule has 5 nitrogen and oxygen atoms in total. The SMILES string of the molecule is Cl.NC(=O)CC1CCN(C(=O)C2(N)CCCCC2)CC1. The molecule has 0 atom stereocenters. The van der Waals surface area contributed by atoms with Crippen molar-refractivity contribution in [1.29, 1.82) is 0 Å². The van der Waals surface area contributed by atoms with Crippen molar-refractivity contribution in [1.82, 2.24) is 4.90 Å². The van der Waals surface area contributed by atoms with Gasteiger partial charge in [0, 0.05) is 19.5 Å². The molecule has 0 aromatic heterocycles. The zero-order valence-corrected chi connectivity index (χ0v) is 12.8. The molecule has 1 saturated heterocycles. The Balaban J connectivity index is 0.00000200. The van der Waals surface area contributed by atoms with Crippen LogP contribution in [0.5, 0.6) is 0 Å². The maximum Gasteiger partial charge on any atom is 0.242 e. The lowest BCUT2D eigenvalue weighted by molar-refractivity contribution is -0.139. The minimum absolute atomic E-state index is 0. The molecule has 1 saturated carbocycles. The summed E-state index contributed by atoms with van der Waals surface area (Å²) in [7, 11) is 0. The van der Waals surface area contributed by atoms with Gasteiger partial charge in [-0.15, -0.1) is 12.4 Å². The van der Waals surface area contributed by atoms with Crippen LogP contribution in [0.1, 0.15) is 51.4 Å². The minimum atomic E-state index is -0.630. The second-order valence-electron chi connectivity index (χ2n) is 6.12. The number of primary amides is 1. The van der Waals surface area contributed by atoms with E-state index in [1.807, 2.05) is 4.90 Å². The maximum atomic E-state index is 12.5. The van der Waals surface area contributed by atoms with Crippen molar-refractivity contribution in [2.24, 2.45) is 17.4 Å². The molecule has 0 aromatic rings. The average molecular weight is 304 g/mol. The van der Waals surface area contributed by atoms with Crippen LogP contribution in [-0.2, 0) is 9.59 Å². The van der Waals surface area contributed by atoms with E-state index in [1.165, 1.54) is 6.42 Å². The summed E-state index contributed by atoms with van der Waals surface area (Å²) in [6.45, 7) is 1.44. The van der Waals surface area contributed by atoms with Gasteiger partial charge in [0.15, 0.2) is 0 Å². The van der Waals surface area contributed by atoms with E-state index >= 15 is 0 Å². The third kappa shape index (κ3) is 4.09. The lowest BCUT2D eigenvalue weighted by Crippen LogP contribution is -2.57. The highest BCUT2D eigenvalue weighted by Crippen LogP contribution is 2.29. The lowest BCUT2D eigenvalue weighted by atomic mass is 9.81. The monoisotopic (exact) mass is 303 g/mol. The molecule has 0 aromatic carbocycles. The van der Waals surface area contributed by atoms with Crippen molar-refractivity contribution in [3.05, 3.63) is 0 Å². The first-order valence-electron chi connectivity index (χ1n) is 7.38. The molecule has 2 fully saturated rings. The average Bonchev–Trinajstić information content (AvgIpc) is 2.39. The van der Waals surface area contributed by atoms with E-state index in [2.05, 4.69) is 0 Å². The van der Waals surface area contributed by atoms with E-state index in [1.54, 1.807) is 0 Å². The van der Waals surface area contributed by atoms with E-state index in [-0.39, 0.29) is 24.2 Å². The quantitative estimate of drug-likeness (QED) is 0.820. The number of hydrogen-bond acceptors (Lipinski definition) is 3. The zero-order valence-electron chi connectivity index (χ0n) is 12.0. The third-order valence-electron chi connectivity index (χ3n) is 4.56. The molecule has 2 amide bonds. The van der Waals surface area contributed by atoms with E-state index in [0.717, 1.165) is 51.6 Å². The van der Waals surface area contributed by atoms with Crippen molar-refractivity contribution in [2.75, 3.05) is 13.1 Å². The molecule has 4 N–H and O–H groups in total. The summed E-state index contributed by atoms with van der Waals surface area (Å²) in [6, 6.07) is 0. The van der Waals surface area contributed by atoms with Gasteiger partial charge in [-0.2, -0.15) is 0 Å². The van der Waals surface area contributed by atoms with Crippen LogP contribution in [0.15, 0.2) is 0 Å². The van der Waals surface area contributed by atoms with Crippen LogP contribution in [0.25, 0.3) is 0 Å². The Morgan fingerprint density at radius 1 is 1.10 bits per heavy atom. The zero-order chi connectivity index (χ0) is 13.9. The molecule has 1 aliphatic heterocycles. The van der Waals surface area contributed by atoms with E-state index in [4.69, 9.17) is 11.5 Å². The van der Waals surface area contributed by atoms with Crippen molar-refractivity contribution in [3.63, 3.8) is 0 Å². The lowest BCUT2D eigenvalue weighted by Gasteiger charge is -2.39. The highest BCUT2D eigenvalue weighted by atomic mass is 35.5. The molecule has 1 heterocycles. The fourth-order valence-electron chi connectivity index (χ4n) is 3.34. The molecular weight excluding hydrogens is 278 g/mol. The number of nitrogens with zero attached hydrogens (tertiary/aromatic N) is 1. The van der Waals surface area contributed by atoms with Gasteiger partial charge in [-0.3, -0.25) is 9.59 Å². The van der Waals surface area contributed by atoms with Crippen LogP contribution in [0.4, 0.5) is 0 Å². The summed E-state index contributed by atoms with van der Waals surface area (Å²) in [5.41, 5.74) is 10.9. The molecule has 0 bridgehead atoms. The van der Waals surface area contributed by atoms with Gasteiger partial charge in [0.1, 0.15) is 0 Å². The fourth-order valence-corrected chi connectivity index (χ4v) is 3.34. The maximum absolute atomic E-state index is 12.5. The largest absolute Gasteiger partial charge is 0.370 e. The number of nitrogens with two attached hydrogens (primary N) is 2. The van der Waals surface area contributed by atoms with Gasteiger partial charge in [-0.25, -0.2) is 0 Å². The van der Waals surface area contributed by atoms with Crippen LogP contribution < -0.4 is 11.5 Å². The molecule has 116 valence electrons. The molecule has 6 heteroatoms. The molecule has 2 rings (SSSR count). The Hall–Kier alpha value is -0.810. The molecule has 2 aliphatic rings. The normalized spacial score (nSPS) is 22.9. The molecule has 20 heavy (non-hydrogen) atoms. The summed E-state index contributed by atoms with van der Waals surface area (Å²) in [6.07, 6.45) is 7.10. The fraction of sp³-hybridized carbons (Fsp3) is 0.857. The molecular formula is C14H26ClN3O2. The number of carbonyl (C=O) groups is 2. The van der Waals surface area contributed by atoms with Crippen LogP contribution >= 0.6 is 12.4 Å². The Bertz CT molecular complexity index is 348. The Labute approximate surface area is 126 Å². The Kier molecular flexibility index (Phi) is 6.27. The second kappa shape index (κ2) is 7.27. The predicted molar refractivity (Wildman–Crippen MR) is 80.4 cm³/mol. The molecule has 1 aliphatic carbocycles. The Morgan fingerprint density at radius 2 is 1.65 bits per heavy atom. The highest BCUT2D eigenvalue weighted by Gasteiger charge is 2.39. The van der Waals surface area contributed by atoms with E-state index in [0.29, 0.717) is 12.3 Å². The van der Waals surface area contributed by atoms with Gasteiger partial charge >= 0.3 is 0 Å². The summed E-state index contributed by atoms with van der Waals surface area (Å²) in [5, 5.41) is 0. The Morgan fingerprint density at radius 3 is 2.15 bits per heavy atom. The molecule has 0 radical (unpaired) electrons. The van der Waals surface area contributed by atoms with Gasteiger partial charge in [0.2, 0.25) is 11.8 Å². The van der Waals surface area contributed by atoms with Crippen LogP contribution in [0.2, 0.25) is 0 Å².